The molecular formula is C20H13N3O2S2. The van der Waals surface area contributed by atoms with Gasteiger partial charge < -0.3 is 0 Å². The largest absolute Gasteiger partial charge is 0.295 e. The first kappa shape index (κ1) is 17.5. The summed E-state index contributed by atoms with van der Waals surface area (Å²) in [5.41, 5.74) is 3.26. The first-order chi connectivity index (χ1) is 13.0. The smallest absolute Gasteiger partial charge is 0.270 e. The van der Waals surface area contributed by atoms with E-state index in [1.54, 1.807) is 36.5 Å². The Morgan fingerprint density at radius 3 is 2.70 bits per heavy atom. The summed E-state index contributed by atoms with van der Waals surface area (Å²) in [6.07, 6.45) is 3.32. The SMILES string of the molecule is CC(=O)c1cccc(N2C(=O)/C(=C\c3cnc4ccccc4n3)SC2=S)c1. The Morgan fingerprint density at radius 1 is 1.15 bits per heavy atom. The normalized spacial score (nSPS) is 15.7. The number of rotatable bonds is 3. The van der Waals surface area contributed by atoms with Crippen LogP contribution < -0.4 is 4.90 Å². The number of benzene rings is 2. The number of thiocarbonyl (C=S) groups is 1. The van der Waals surface area contributed by atoms with Gasteiger partial charge in [-0.25, -0.2) is 4.98 Å². The van der Waals surface area contributed by atoms with Gasteiger partial charge in [-0.2, -0.15) is 0 Å². The van der Waals surface area contributed by atoms with E-state index in [0.717, 1.165) is 11.0 Å². The maximum atomic E-state index is 12.9. The predicted molar refractivity (Wildman–Crippen MR) is 112 cm³/mol. The number of ketones is 1. The lowest BCUT2D eigenvalue weighted by molar-refractivity contribution is -0.113. The highest BCUT2D eigenvalue weighted by atomic mass is 32.2. The second kappa shape index (κ2) is 7.02. The second-order valence-corrected chi connectivity index (χ2v) is 7.58. The van der Waals surface area contributed by atoms with E-state index in [2.05, 4.69) is 9.97 Å². The predicted octanol–water partition coefficient (Wildman–Crippen LogP) is 4.24. The molecule has 1 aromatic heterocycles. The summed E-state index contributed by atoms with van der Waals surface area (Å²) in [6, 6.07) is 14.4. The zero-order valence-corrected chi connectivity index (χ0v) is 15.9. The fourth-order valence-electron chi connectivity index (χ4n) is 2.73. The number of amides is 1. The lowest BCUT2D eigenvalue weighted by Gasteiger charge is -2.15. The summed E-state index contributed by atoms with van der Waals surface area (Å²) in [4.78, 5) is 35.3. The van der Waals surface area contributed by atoms with Crippen molar-refractivity contribution in [1.82, 2.24) is 9.97 Å². The highest BCUT2D eigenvalue weighted by molar-refractivity contribution is 8.27. The molecular weight excluding hydrogens is 378 g/mol. The van der Waals surface area contributed by atoms with Gasteiger partial charge in [-0.3, -0.25) is 19.5 Å². The molecule has 4 rings (SSSR count). The summed E-state index contributed by atoms with van der Waals surface area (Å²) in [6.45, 7) is 1.49. The van der Waals surface area contributed by atoms with Gasteiger partial charge in [0.2, 0.25) is 0 Å². The third kappa shape index (κ3) is 3.39. The molecule has 1 aliphatic rings. The number of fused-ring (bicyclic) bond motifs is 1. The molecule has 1 fully saturated rings. The van der Waals surface area contributed by atoms with Crippen molar-refractivity contribution in [3.8, 4) is 0 Å². The minimum atomic E-state index is -0.235. The Hall–Kier alpha value is -2.90. The fourth-order valence-corrected chi connectivity index (χ4v) is 4.01. The van der Waals surface area contributed by atoms with Crippen LogP contribution >= 0.6 is 24.0 Å². The van der Waals surface area contributed by atoms with E-state index in [-0.39, 0.29) is 11.7 Å². The van der Waals surface area contributed by atoms with Crippen LogP contribution in [0, 0.1) is 0 Å². The standard InChI is InChI=1S/C20H13N3O2S2/c1-12(24)13-5-4-6-15(9-13)23-19(25)18(27-20(23)26)10-14-11-21-16-7-2-3-8-17(16)22-14/h2-11H,1H3/b18-10+. The maximum absolute atomic E-state index is 12.9. The van der Waals surface area contributed by atoms with E-state index in [1.807, 2.05) is 24.3 Å². The average Bonchev–Trinajstić information content (AvgIpc) is 2.95. The van der Waals surface area contributed by atoms with Gasteiger partial charge in [0.15, 0.2) is 10.1 Å². The number of Topliss-reactive ketones (excluding diaryl/α,β-unsaturated/α-hetero) is 1. The van der Waals surface area contributed by atoms with Crippen molar-refractivity contribution in [2.75, 3.05) is 4.90 Å². The van der Waals surface area contributed by atoms with Gasteiger partial charge in [-0.15, -0.1) is 0 Å². The van der Waals surface area contributed by atoms with E-state index in [4.69, 9.17) is 12.2 Å². The molecule has 2 aromatic carbocycles. The third-order valence-electron chi connectivity index (χ3n) is 4.05. The number of hydrogen-bond donors (Lipinski definition) is 0. The highest BCUT2D eigenvalue weighted by Crippen LogP contribution is 2.36. The molecule has 27 heavy (non-hydrogen) atoms. The summed E-state index contributed by atoms with van der Waals surface area (Å²) in [5.74, 6) is -0.301. The van der Waals surface area contributed by atoms with Crippen molar-refractivity contribution in [2.24, 2.45) is 0 Å². The number of nitrogens with zero attached hydrogens (tertiary/aromatic N) is 3. The van der Waals surface area contributed by atoms with Gasteiger partial charge >= 0.3 is 0 Å². The summed E-state index contributed by atoms with van der Waals surface area (Å²) < 4.78 is 0.417. The third-order valence-corrected chi connectivity index (χ3v) is 5.35. The molecule has 7 heteroatoms. The van der Waals surface area contributed by atoms with Gasteiger partial charge in [-0.1, -0.05) is 48.2 Å². The molecule has 0 saturated carbocycles. The molecule has 5 nitrogen and oxygen atoms in total. The molecule has 0 radical (unpaired) electrons. The Bertz CT molecular complexity index is 1140. The van der Waals surface area contributed by atoms with Crippen molar-refractivity contribution in [3.05, 3.63) is 70.9 Å². The Balaban J connectivity index is 1.68. The van der Waals surface area contributed by atoms with Crippen LogP contribution in [0.2, 0.25) is 0 Å². The van der Waals surface area contributed by atoms with Crippen molar-refractivity contribution in [2.45, 2.75) is 6.92 Å². The number of thioether (sulfide) groups is 1. The van der Waals surface area contributed by atoms with E-state index >= 15 is 0 Å². The summed E-state index contributed by atoms with van der Waals surface area (Å²) in [7, 11) is 0. The molecule has 0 atom stereocenters. The van der Waals surface area contributed by atoms with Gasteiger partial charge in [0.25, 0.3) is 5.91 Å². The van der Waals surface area contributed by atoms with Crippen molar-refractivity contribution in [1.29, 1.82) is 0 Å². The van der Waals surface area contributed by atoms with E-state index in [9.17, 15) is 9.59 Å². The molecule has 2 heterocycles. The molecule has 0 bridgehead atoms. The van der Waals surface area contributed by atoms with Crippen LogP contribution in [-0.4, -0.2) is 26.0 Å². The highest BCUT2D eigenvalue weighted by Gasteiger charge is 2.33. The monoisotopic (exact) mass is 391 g/mol. The summed E-state index contributed by atoms with van der Waals surface area (Å²) in [5, 5.41) is 0. The summed E-state index contributed by atoms with van der Waals surface area (Å²) >= 11 is 6.59. The maximum Gasteiger partial charge on any atom is 0.270 e. The van der Waals surface area contributed by atoms with Crippen molar-refractivity contribution < 1.29 is 9.59 Å². The first-order valence-corrected chi connectivity index (χ1v) is 9.36. The Morgan fingerprint density at radius 2 is 1.93 bits per heavy atom. The van der Waals surface area contributed by atoms with Crippen LogP contribution in [0.25, 0.3) is 17.1 Å². The number of carbonyl (C=O) groups excluding carboxylic acids is 2. The van der Waals surface area contributed by atoms with E-state index in [0.29, 0.717) is 26.2 Å². The molecule has 0 aliphatic carbocycles. The second-order valence-electron chi connectivity index (χ2n) is 5.91. The minimum Gasteiger partial charge on any atom is -0.295 e. The molecule has 0 unspecified atom stereocenters. The van der Waals surface area contributed by atoms with E-state index < -0.39 is 0 Å². The van der Waals surface area contributed by atoms with Crippen LogP contribution in [0.5, 0.6) is 0 Å². The fraction of sp³-hybridized carbons (Fsp3) is 0.0500. The van der Waals surface area contributed by atoms with Gasteiger partial charge in [-0.05, 0) is 37.3 Å². The molecule has 1 saturated heterocycles. The molecule has 0 spiro atoms. The number of hydrogen-bond acceptors (Lipinski definition) is 6. The molecule has 3 aromatic rings. The van der Waals surface area contributed by atoms with Gasteiger partial charge in [0, 0.05) is 5.56 Å². The Labute approximate surface area is 165 Å². The van der Waals surface area contributed by atoms with Gasteiger partial charge in [0.05, 0.1) is 33.5 Å². The quantitative estimate of drug-likeness (QED) is 0.378. The number of anilines is 1. The topological polar surface area (TPSA) is 63.2 Å². The zero-order valence-electron chi connectivity index (χ0n) is 14.2. The van der Waals surface area contributed by atoms with E-state index in [1.165, 1.54) is 23.6 Å². The minimum absolute atomic E-state index is 0.0655. The lowest BCUT2D eigenvalue weighted by Crippen LogP contribution is -2.27. The molecule has 0 N–H and O–H groups in total. The van der Waals surface area contributed by atoms with Gasteiger partial charge in [0.1, 0.15) is 0 Å². The van der Waals surface area contributed by atoms with Crippen LogP contribution in [0.4, 0.5) is 5.69 Å². The Kier molecular flexibility index (Phi) is 4.55. The lowest BCUT2D eigenvalue weighted by atomic mass is 10.1. The number of carbonyl (C=O) groups is 2. The molecule has 1 amide bonds. The first-order valence-electron chi connectivity index (χ1n) is 8.14. The van der Waals surface area contributed by atoms with Crippen LogP contribution in [0.1, 0.15) is 23.0 Å². The van der Waals surface area contributed by atoms with Crippen LogP contribution in [0.3, 0.4) is 0 Å². The zero-order chi connectivity index (χ0) is 19.0. The van der Waals surface area contributed by atoms with Crippen LogP contribution in [0.15, 0.2) is 59.6 Å². The number of para-hydroxylation sites is 2. The molecule has 132 valence electrons. The molecule has 1 aliphatic heterocycles. The average molecular weight is 391 g/mol. The van der Waals surface area contributed by atoms with Crippen LogP contribution in [-0.2, 0) is 4.79 Å². The van der Waals surface area contributed by atoms with Crippen molar-refractivity contribution >= 4 is 62.8 Å². The number of aromatic nitrogens is 2. The van der Waals surface area contributed by atoms with Crippen molar-refractivity contribution in [3.63, 3.8) is 0 Å².